The van der Waals surface area contributed by atoms with Crippen molar-refractivity contribution in [1.82, 2.24) is 4.90 Å². The van der Waals surface area contributed by atoms with E-state index in [-0.39, 0.29) is 24.3 Å². The van der Waals surface area contributed by atoms with E-state index in [1.54, 1.807) is 0 Å². The summed E-state index contributed by atoms with van der Waals surface area (Å²) in [6, 6.07) is 19.2. The lowest BCUT2D eigenvalue weighted by Crippen LogP contribution is -2.57. The van der Waals surface area contributed by atoms with Crippen molar-refractivity contribution in [2.75, 3.05) is 11.9 Å². The first kappa shape index (κ1) is 27.5. The Hall–Kier alpha value is -2.67. The Morgan fingerprint density at radius 2 is 1.27 bits per heavy atom. The standard InChI is InChI=1S/C32H29BrCl2N2O3/c1-18-16-20(17-19(2)28(18)33)36-25(38)14-4-3-9-15-37-29(39)26-27(30(37)40)32(35)22-11-6-5-10-21(22)31(26,34)23-12-7-8-13-24(23)32/h5-8,10-13,16-17,26-27H,3-4,9,14-15H2,1-2H3,(H,36,38)/t26-,27-,31?,32?/m0/s1. The maximum atomic E-state index is 13.9. The predicted molar refractivity (Wildman–Crippen MR) is 161 cm³/mol. The highest BCUT2D eigenvalue weighted by atomic mass is 79.9. The number of aryl methyl sites for hydroxylation is 2. The highest BCUT2D eigenvalue weighted by Crippen LogP contribution is 2.69. The molecule has 0 radical (unpaired) electrons. The van der Waals surface area contributed by atoms with Crippen LogP contribution in [0.2, 0.25) is 0 Å². The number of halogens is 3. The summed E-state index contributed by atoms with van der Waals surface area (Å²) in [5.41, 5.74) is 6.11. The molecule has 0 aromatic heterocycles. The molecule has 206 valence electrons. The van der Waals surface area contributed by atoms with Gasteiger partial charge in [0, 0.05) is 23.1 Å². The summed E-state index contributed by atoms with van der Waals surface area (Å²) in [6.45, 7) is 4.26. The number of carbonyl (C=O) groups excluding carboxylic acids is 3. The highest BCUT2D eigenvalue weighted by molar-refractivity contribution is 9.10. The molecule has 8 heteroatoms. The van der Waals surface area contributed by atoms with Gasteiger partial charge in [-0.25, -0.2) is 0 Å². The number of unbranched alkanes of at least 4 members (excludes halogenated alkanes) is 2. The predicted octanol–water partition coefficient (Wildman–Crippen LogP) is 7.16. The minimum absolute atomic E-state index is 0.0549. The summed E-state index contributed by atoms with van der Waals surface area (Å²) in [4.78, 5) is 39.3. The Balaban J connectivity index is 1.14. The lowest BCUT2D eigenvalue weighted by atomic mass is 9.54. The minimum atomic E-state index is -1.15. The fourth-order valence-corrected chi connectivity index (χ4v) is 8.25. The molecular weight excluding hydrogens is 611 g/mol. The number of hydrogen-bond donors (Lipinski definition) is 1. The van der Waals surface area contributed by atoms with Crippen molar-refractivity contribution in [2.45, 2.75) is 49.3 Å². The first-order valence-corrected chi connectivity index (χ1v) is 15.1. The Labute approximate surface area is 252 Å². The SMILES string of the molecule is Cc1cc(NC(=O)CCCCCN2C(=O)[C@@H]3[C@@H](C2=O)C2(Cl)c4ccccc4C3(Cl)c3ccccc32)cc(C)c1Br. The second kappa shape index (κ2) is 10.0. The zero-order valence-electron chi connectivity index (χ0n) is 22.3. The molecule has 3 aromatic carbocycles. The Morgan fingerprint density at radius 3 is 1.73 bits per heavy atom. The number of alkyl halides is 2. The molecule has 0 unspecified atom stereocenters. The largest absolute Gasteiger partial charge is 0.326 e. The van der Waals surface area contributed by atoms with Gasteiger partial charge in [-0.2, -0.15) is 0 Å². The Bertz CT molecular complexity index is 1430. The number of hydrogen-bond acceptors (Lipinski definition) is 3. The lowest BCUT2D eigenvalue weighted by molar-refractivity contribution is -0.140. The van der Waals surface area contributed by atoms with Crippen LogP contribution in [0.4, 0.5) is 5.69 Å². The van der Waals surface area contributed by atoms with E-state index < -0.39 is 21.6 Å². The van der Waals surface area contributed by atoms with Gasteiger partial charge in [0.1, 0.15) is 9.75 Å². The number of rotatable bonds is 7. The normalized spacial score (nSPS) is 26.0. The van der Waals surface area contributed by atoms with Crippen LogP contribution in [-0.4, -0.2) is 29.2 Å². The second-order valence-corrected chi connectivity index (χ2v) is 13.1. The summed E-state index contributed by atoms with van der Waals surface area (Å²) in [7, 11) is 0. The molecule has 3 aromatic rings. The number of nitrogens with one attached hydrogen (secondary N) is 1. The van der Waals surface area contributed by atoms with Crippen LogP contribution >= 0.6 is 39.1 Å². The Morgan fingerprint density at radius 1 is 0.825 bits per heavy atom. The molecule has 1 saturated heterocycles. The van der Waals surface area contributed by atoms with Gasteiger partial charge in [0.25, 0.3) is 0 Å². The number of benzene rings is 3. The van der Waals surface area contributed by atoms with Crippen LogP contribution in [0.5, 0.6) is 0 Å². The van der Waals surface area contributed by atoms with Crippen molar-refractivity contribution in [1.29, 1.82) is 0 Å². The first-order chi connectivity index (χ1) is 19.1. The topological polar surface area (TPSA) is 66.5 Å². The van der Waals surface area contributed by atoms with Gasteiger partial charge in [-0.1, -0.05) is 70.9 Å². The van der Waals surface area contributed by atoms with Gasteiger partial charge in [0.05, 0.1) is 11.8 Å². The molecule has 3 aliphatic carbocycles. The van der Waals surface area contributed by atoms with Crippen LogP contribution in [0.15, 0.2) is 65.1 Å². The van der Waals surface area contributed by atoms with E-state index in [4.69, 9.17) is 23.2 Å². The molecular formula is C32H29BrCl2N2O3. The fourth-order valence-electron chi connectivity index (χ4n) is 6.92. The zero-order chi connectivity index (χ0) is 28.4. The van der Waals surface area contributed by atoms with Gasteiger partial charge in [0.15, 0.2) is 0 Å². The number of anilines is 1. The van der Waals surface area contributed by atoms with E-state index in [0.717, 1.165) is 43.5 Å². The molecule has 40 heavy (non-hydrogen) atoms. The molecule has 4 aliphatic rings. The van der Waals surface area contributed by atoms with Crippen LogP contribution in [0.3, 0.4) is 0 Å². The van der Waals surface area contributed by atoms with Gasteiger partial charge >= 0.3 is 0 Å². The second-order valence-electron chi connectivity index (χ2n) is 11.1. The summed E-state index contributed by atoms with van der Waals surface area (Å²) < 4.78 is 1.04. The van der Waals surface area contributed by atoms with E-state index >= 15 is 0 Å². The minimum Gasteiger partial charge on any atom is -0.326 e. The molecule has 1 heterocycles. The molecule has 5 nitrogen and oxygen atoms in total. The van der Waals surface area contributed by atoms with Gasteiger partial charge in [0.2, 0.25) is 17.7 Å². The van der Waals surface area contributed by atoms with Crippen molar-refractivity contribution in [2.24, 2.45) is 11.8 Å². The smallest absolute Gasteiger partial charge is 0.235 e. The van der Waals surface area contributed by atoms with Crippen molar-refractivity contribution >= 4 is 62.5 Å². The van der Waals surface area contributed by atoms with Crippen LogP contribution in [0, 0.1) is 25.7 Å². The highest BCUT2D eigenvalue weighted by Gasteiger charge is 2.72. The maximum Gasteiger partial charge on any atom is 0.235 e. The molecule has 0 spiro atoms. The third kappa shape index (κ3) is 3.90. The van der Waals surface area contributed by atoms with E-state index in [0.29, 0.717) is 25.7 Å². The van der Waals surface area contributed by atoms with Gasteiger partial charge < -0.3 is 5.32 Å². The van der Waals surface area contributed by atoms with E-state index in [1.807, 2.05) is 74.5 Å². The van der Waals surface area contributed by atoms with E-state index in [2.05, 4.69) is 21.2 Å². The van der Waals surface area contributed by atoms with Crippen LogP contribution in [-0.2, 0) is 24.1 Å². The average molecular weight is 640 g/mol. The van der Waals surface area contributed by atoms with Gasteiger partial charge in [-0.3, -0.25) is 19.3 Å². The quantitative estimate of drug-likeness (QED) is 0.170. The summed E-state index contributed by atoms with van der Waals surface area (Å²) in [6.07, 6.45) is 2.32. The lowest BCUT2D eigenvalue weighted by Gasteiger charge is -2.54. The fraction of sp³-hybridized carbons (Fsp3) is 0.344. The summed E-state index contributed by atoms with van der Waals surface area (Å²) in [5.74, 6) is -2.13. The number of amides is 3. The molecule has 2 atom stereocenters. The third-order valence-corrected chi connectivity index (χ3v) is 11.2. The monoisotopic (exact) mass is 638 g/mol. The molecule has 1 fully saturated rings. The van der Waals surface area contributed by atoms with Crippen LogP contribution in [0.1, 0.15) is 59.1 Å². The average Bonchev–Trinajstić information content (AvgIpc) is 3.20. The van der Waals surface area contributed by atoms with Crippen molar-refractivity contribution < 1.29 is 14.4 Å². The van der Waals surface area contributed by atoms with E-state index in [9.17, 15) is 14.4 Å². The molecule has 1 N–H and O–H groups in total. The van der Waals surface area contributed by atoms with Gasteiger partial charge in [-0.15, -0.1) is 23.2 Å². The number of carbonyl (C=O) groups is 3. The Kier molecular flexibility index (Phi) is 6.88. The molecule has 2 bridgehead atoms. The first-order valence-electron chi connectivity index (χ1n) is 13.6. The van der Waals surface area contributed by atoms with E-state index in [1.165, 1.54) is 4.90 Å². The van der Waals surface area contributed by atoms with Crippen LogP contribution < -0.4 is 5.32 Å². The third-order valence-electron chi connectivity index (χ3n) is 8.68. The van der Waals surface area contributed by atoms with Crippen LogP contribution in [0.25, 0.3) is 0 Å². The van der Waals surface area contributed by atoms with Gasteiger partial charge in [-0.05, 0) is 72.2 Å². The molecule has 3 amide bonds. The summed E-state index contributed by atoms with van der Waals surface area (Å²) >= 11 is 18.5. The number of imide groups is 1. The van der Waals surface area contributed by atoms with Crippen molar-refractivity contribution in [3.63, 3.8) is 0 Å². The molecule has 0 saturated carbocycles. The number of likely N-dealkylation sites (tertiary alicyclic amines) is 1. The summed E-state index contributed by atoms with van der Waals surface area (Å²) in [5, 5.41) is 2.97. The van der Waals surface area contributed by atoms with Crippen molar-refractivity contribution in [3.8, 4) is 0 Å². The molecule has 1 aliphatic heterocycles. The maximum absolute atomic E-state index is 13.9. The van der Waals surface area contributed by atoms with Crippen molar-refractivity contribution in [3.05, 3.63) is 98.5 Å². The molecule has 7 rings (SSSR count). The zero-order valence-corrected chi connectivity index (χ0v) is 25.4. The number of nitrogens with zero attached hydrogens (tertiary/aromatic N) is 1.